The van der Waals surface area contributed by atoms with Crippen LogP contribution >= 0.6 is 0 Å². The Kier molecular flexibility index (Phi) is 9.68. The summed E-state index contributed by atoms with van der Waals surface area (Å²) in [5.41, 5.74) is 6.08. The second-order valence-electron chi connectivity index (χ2n) is 8.97. The Labute approximate surface area is 190 Å². The van der Waals surface area contributed by atoms with Crippen molar-refractivity contribution in [3.8, 4) is 0 Å². The quantitative estimate of drug-likeness (QED) is 0.533. The van der Waals surface area contributed by atoms with Gasteiger partial charge in [0, 0.05) is 12.6 Å². The molecule has 0 aliphatic heterocycles. The highest BCUT2D eigenvalue weighted by Gasteiger charge is 2.36. The van der Waals surface area contributed by atoms with Gasteiger partial charge < -0.3 is 26.0 Å². The summed E-state index contributed by atoms with van der Waals surface area (Å²) < 4.78 is 5.22. The van der Waals surface area contributed by atoms with E-state index in [0.717, 1.165) is 5.56 Å². The largest absolute Gasteiger partial charge is 0.444 e. The lowest BCUT2D eigenvalue weighted by molar-refractivity contribution is -0.143. The molecular weight excluding hydrogens is 412 g/mol. The number of hydrogen-bond donors (Lipinski definition) is 3. The van der Waals surface area contributed by atoms with E-state index in [1.165, 1.54) is 4.90 Å². The molecule has 0 fully saturated rings. The molecule has 0 aliphatic carbocycles. The van der Waals surface area contributed by atoms with Gasteiger partial charge in [0.25, 0.3) is 0 Å². The van der Waals surface area contributed by atoms with Gasteiger partial charge in [0.2, 0.25) is 17.7 Å². The number of carbonyl (C=O) groups excluding carboxylic acids is 4. The van der Waals surface area contributed by atoms with Gasteiger partial charge in [-0.2, -0.15) is 0 Å². The summed E-state index contributed by atoms with van der Waals surface area (Å²) in [6, 6.07) is 4.90. The second-order valence-corrected chi connectivity index (χ2v) is 8.97. The van der Waals surface area contributed by atoms with Crippen LogP contribution in [0.4, 0.5) is 4.79 Å². The maximum atomic E-state index is 13.5. The van der Waals surface area contributed by atoms with Crippen LogP contribution in [0.3, 0.4) is 0 Å². The van der Waals surface area contributed by atoms with Gasteiger partial charge in [-0.05, 0) is 54.0 Å². The molecule has 178 valence electrons. The predicted molar refractivity (Wildman–Crippen MR) is 122 cm³/mol. The minimum atomic E-state index is -1.28. The van der Waals surface area contributed by atoms with Crippen LogP contribution in [-0.2, 0) is 19.1 Å². The van der Waals surface area contributed by atoms with Crippen molar-refractivity contribution in [3.63, 3.8) is 0 Å². The smallest absolute Gasteiger partial charge is 0.408 e. The fourth-order valence-corrected chi connectivity index (χ4v) is 3.19. The number of alkyl carbamates (subject to hydrolysis) is 1. The minimum absolute atomic E-state index is 0.148. The standard InChI is InChI=1S/C23H36N4O5/c1-8-27(19(20(29)25-14(2)3)16-11-9-10-15(4)12-16)21(30)17(13-18(24)28)26-22(31)32-23(5,6)7/h9-12,14,17,19H,8,13H2,1-7H3,(H2,24,28)(H,25,29)(H,26,31). The van der Waals surface area contributed by atoms with Gasteiger partial charge in [-0.1, -0.05) is 29.8 Å². The number of aryl methyl sites for hydroxylation is 1. The van der Waals surface area contributed by atoms with E-state index in [-0.39, 0.29) is 18.5 Å². The molecule has 1 rings (SSSR count). The number of rotatable bonds is 9. The minimum Gasteiger partial charge on any atom is -0.444 e. The number of likely N-dealkylation sites (N-methyl/N-ethyl adjacent to an activating group) is 1. The molecule has 0 radical (unpaired) electrons. The summed E-state index contributed by atoms with van der Waals surface area (Å²) in [5.74, 6) is -1.74. The van der Waals surface area contributed by atoms with E-state index in [0.29, 0.717) is 5.56 Å². The van der Waals surface area contributed by atoms with Gasteiger partial charge in [0.15, 0.2) is 0 Å². The van der Waals surface area contributed by atoms with Crippen LogP contribution < -0.4 is 16.4 Å². The predicted octanol–water partition coefficient (Wildman–Crippen LogP) is 2.18. The first-order chi connectivity index (χ1) is 14.7. The van der Waals surface area contributed by atoms with Gasteiger partial charge in [0.1, 0.15) is 17.7 Å². The van der Waals surface area contributed by atoms with Crippen molar-refractivity contribution in [1.29, 1.82) is 0 Å². The highest BCUT2D eigenvalue weighted by atomic mass is 16.6. The number of amides is 4. The molecule has 9 heteroatoms. The molecule has 2 atom stereocenters. The Morgan fingerprint density at radius 3 is 2.22 bits per heavy atom. The molecule has 2 unspecified atom stereocenters. The fourth-order valence-electron chi connectivity index (χ4n) is 3.19. The number of carbonyl (C=O) groups is 4. The van der Waals surface area contributed by atoms with Crippen molar-refractivity contribution in [1.82, 2.24) is 15.5 Å². The van der Waals surface area contributed by atoms with Crippen molar-refractivity contribution in [3.05, 3.63) is 35.4 Å². The third kappa shape index (κ3) is 8.56. The van der Waals surface area contributed by atoms with Crippen molar-refractivity contribution in [2.45, 2.75) is 78.6 Å². The summed E-state index contributed by atoms with van der Waals surface area (Å²) in [7, 11) is 0. The molecule has 1 aromatic rings. The molecule has 4 N–H and O–H groups in total. The van der Waals surface area contributed by atoms with Crippen LogP contribution in [0.5, 0.6) is 0 Å². The molecule has 32 heavy (non-hydrogen) atoms. The van der Waals surface area contributed by atoms with E-state index >= 15 is 0 Å². The lowest BCUT2D eigenvalue weighted by Crippen LogP contribution is -2.54. The summed E-state index contributed by atoms with van der Waals surface area (Å²) in [6.07, 6.45) is -1.28. The molecule has 0 spiro atoms. The van der Waals surface area contributed by atoms with Crippen molar-refractivity contribution >= 4 is 23.8 Å². The van der Waals surface area contributed by atoms with E-state index < -0.39 is 42.0 Å². The Hall–Kier alpha value is -3.10. The maximum Gasteiger partial charge on any atom is 0.408 e. The second kappa shape index (κ2) is 11.5. The number of ether oxygens (including phenoxy) is 1. The monoisotopic (exact) mass is 448 g/mol. The number of primary amides is 1. The molecule has 1 aromatic carbocycles. The molecule has 0 aliphatic rings. The van der Waals surface area contributed by atoms with E-state index in [1.807, 2.05) is 32.9 Å². The fraction of sp³-hybridized carbons (Fsp3) is 0.565. The molecule has 9 nitrogen and oxygen atoms in total. The topological polar surface area (TPSA) is 131 Å². The molecule has 0 saturated heterocycles. The Morgan fingerprint density at radius 1 is 1.12 bits per heavy atom. The first-order valence-electron chi connectivity index (χ1n) is 10.7. The Balaban J connectivity index is 3.34. The normalized spacial score (nSPS) is 13.1. The number of hydrogen-bond acceptors (Lipinski definition) is 5. The van der Waals surface area contributed by atoms with Crippen LogP contribution in [0.1, 0.15) is 65.1 Å². The van der Waals surface area contributed by atoms with Gasteiger partial charge in [-0.3, -0.25) is 14.4 Å². The lowest BCUT2D eigenvalue weighted by atomic mass is 10.00. The van der Waals surface area contributed by atoms with Crippen LogP contribution in [0.2, 0.25) is 0 Å². The van der Waals surface area contributed by atoms with E-state index in [9.17, 15) is 19.2 Å². The van der Waals surface area contributed by atoms with Crippen LogP contribution in [0, 0.1) is 6.92 Å². The first kappa shape index (κ1) is 26.9. The van der Waals surface area contributed by atoms with Crippen molar-refractivity contribution < 1.29 is 23.9 Å². The zero-order valence-corrected chi connectivity index (χ0v) is 20.0. The average Bonchev–Trinajstić information content (AvgIpc) is 2.62. The number of nitrogens with zero attached hydrogens (tertiary/aromatic N) is 1. The third-order valence-corrected chi connectivity index (χ3v) is 4.37. The molecule has 0 heterocycles. The first-order valence-corrected chi connectivity index (χ1v) is 10.7. The number of nitrogens with two attached hydrogens (primary N) is 1. The van der Waals surface area contributed by atoms with Crippen LogP contribution in [0.25, 0.3) is 0 Å². The van der Waals surface area contributed by atoms with Crippen LogP contribution in [0.15, 0.2) is 24.3 Å². The zero-order valence-electron chi connectivity index (χ0n) is 20.0. The summed E-state index contributed by atoms with van der Waals surface area (Å²) in [5, 5.41) is 5.28. The lowest BCUT2D eigenvalue weighted by Gasteiger charge is -2.34. The maximum absolute atomic E-state index is 13.5. The zero-order chi connectivity index (χ0) is 24.6. The average molecular weight is 449 g/mol. The van der Waals surface area contributed by atoms with Gasteiger partial charge in [-0.25, -0.2) is 4.79 Å². The van der Waals surface area contributed by atoms with Crippen molar-refractivity contribution in [2.75, 3.05) is 6.54 Å². The number of nitrogens with one attached hydrogen (secondary N) is 2. The van der Waals surface area contributed by atoms with E-state index in [2.05, 4.69) is 10.6 Å². The van der Waals surface area contributed by atoms with Crippen LogP contribution in [-0.4, -0.2) is 52.9 Å². The summed E-state index contributed by atoms with van der Waals surface area (Å²) >= 11 is 0. The third-order valence-electron chi connectivity index (χ3n) is 4.37. The summed E-state index contributed by atoms with van der Waals surface area (Å²) in [6.45, 7) is 12.5. The molecule has 0 saturated carbocycles. The SMILES string of the molecule is CCN(C(=O)C(CC(N)=O)NC(=O)OC(C)(C)C)C(C(=O)NC(C)C)c1cccc(C)c1. The summed E-state index contributed by atoms with van der Waals surface area (Å²) in [4.78, 5) is 51.8. The highest BCUT2D eigenvalue weighted by Crippen LogP contribution is 2.24. The van der Waals surface area contributed by atoms with Gasteiger partial charge in [0.05, 0.1) is 6.42 Å². The molecule has 4 amide bonds. The van der Waals surface area contributed by atoms with Crippen molar-refractivity contribution in [2.24, 2.45) is 5.73 Å². The van der Waals surface area contributed by atoms with Gasteiger partial charge >= 0.3 is 6.09 Å². The van der Waals surface area contributed by atoms with Gasteiger partial charge in [-0.15, -0.1) is 0 Å². The Morgan fingerprint density at radius 2 is 1.75 bits per heavy atom. The van der Waals surface area contributed by atoms with E-state index in [4.69, 9.17) is 10.5 Å². The van der Waals surface area contributed by atoms with E-state index in [1.54, 1.807) is 39.8 Å². The molecule has 0 bridgehead atoms. The molecular formula is C23H36N4O5. The number of benzene rings is 1. The Bertz CT molecular complexity index is 832. The molecule has 0 aromatic heterocycles. The highest BCUT2D eigenvalue weighted by molar-refractivity contribution is 5.94.